The maximum absolute atomic E-state index is 12.3. The van der Waals surface area contributed by atoms with E-state index in [1.54, 1.807) is 6.07 Å². The van der Waals surface area contributed by atoms with Crippen LogP contribution in [0.2, 0.25) is 10.0 Å². The van der Waals surface area contributed by atoms with Gasteiger partial charge in [-0.05, 0) is 36.7 Å². The minimum absolute atomic E-state index is 0.0161. The summed E-state index contributed by atoms with van der Waals surface area (Å²) in [6.45, 7) is 3.95. The lowest BCUT2D eigenvalue weighted by Gasteiger charge is -2.31. The lowest BCUT2D eigenvalue weighted by molar-refractivity contribution is -0.135. The summed E-state index contributed by atoms with van der Waals surface area (Å²) < 4.78 is 0. The fourth-order valence-electron chi connectivity index (χ4n) is 2.48. The maximum Gasteiger partial charge on any atom is 0.226 e. The van der Waals surface area contributed by atoms with Crippen molar-refractivity contribution in [2.75, 3.05) is 20.1 Å². The first-order valence-electron chi connectivity index (χ1n) is 6.43. The molecule has 1 aliphatic heterocycles. The molecule has 5 heteroatoms. The van der Waals surface area contributed by atoms with E-state index in [-0.39, 0.29) is 11.8 Å². The molecule has 0 aromatic heterocycles. The molecular formula is C14H18Cl2N2O. The summed E-state index contributed by atoms with van der Waals surface area (Å²) in [6, 6.07) is 3.69. The van der Waals surface area contributed by atoms with Crippen LogP contribution in [0.15, 0.2) is 12.1 Å². The Morgan fingerprint density at radius 3 is 2.89 bits per heavy atom. The highest BCUT2D eigenvalue weighted by Gasteiger charge is 2.25. The molecule has 3 nitrogen and oxygen atoms in total. The van der Waals surface area contributed by atoms with Crippen molar-refractivity contribution in [1.29, 1.82) is 0 Å². The van der Waals surface area contributed by atoms with Crippen LogP contribution in [0.1, 0.15) is 18.1 Å². The van der Waals surface area contributed by atoms with Gasteiger partial charge in [0.15, 0.2) is 0 Å². The van der Waals surface area contributed by atoms with E-state index in [1.165, 1.54) is 0 Å². The number of halogens is 2. The summed E-state index contributed by atoms with van der Waals surface area (Å²) in [5.41, 5.74) is 2.19. The molecule has 0 radical (unpaired) electrons. The van der Waals surface area contributed by atoms with Crippen LogP contribution in [-0.2, 0) is 17.8 Å². The molecule has 0 spiro atoms. The van der Waals surface area contributed by atoms with Crippen molar-refractivity contribution in [1.82, 2.24) is 10.2 Å². The lowest BCUT2D eigenvalue weighted by atomic mass is 9.98. The zero-order valence-electron chi connectivity index (χ0n) is 11.2. The number of hydrogen-bond acceptors (Lipinski definition) is 2. The molecule has 1 N–H and O–H groups in total. The fourth-order valence-corrected chi connectivity index (χ4v) is 3.07. The largest absolute Gasteiger partial charge is 0.338 e. The van der Waals surface area contributed by atoms with Crippen molar-refractivity contribution in [2.24, 2.45) is 5.92 Å². The topological polar surface area (TPSA) is 32.3 Å². The summed E-state index contributed by atoms with van der Waals surface area (Å²) in [4.78, 5) is 14.2. The summed E-state index contributed by atoms with van der Waals surface area (Å²) >= 11 is 12.2. The molecule has 1 aromatic rings. The first-order valence-corrected chi connectivity index (χ1v) is 7.18. The second kappa shape index (κ2) is 6.12. The van der Waals surface area contributed by atoms with Crippen LogP contribution in [-0.4, -0.2) is 30.9 Å². The molecule has 0 aliphatic carbocycles. The van der Waals surface area contributed by atoms with Gasteiger partial charge in [-0.15, -0.1) is 0 Å². The Morgan fingerprint density at radius 2 is 2.21 bits per heavy atom. The minimum atomic E-state index is -0.0161. The molecule has 1 atom stereocenters. The normalized spacial score (nSPS) is 16.1. The summed E-state index contributed by atoms with van der Waals surface area (Å²) in [7, 11) is 1.86. The number of carbonyl (C=O) groups is 1. The maximum atomic E-state index is 12.3. The number of amides is 1. The van der Waals surface area contributed by atoms with Crippen molar-refractivity contribution >= 4 is 29.1 Å². The number of carbonyl (C=O) groups excluding carboxylic acids is 1. The number of benzene rings is 1. The van der Waals surface area contributed by atoms with Crippen LogP contribution in [0, 0.1) is 5.92 Å². The van der Waals surface area contributed by atoms with Crippen molar-refractivity contribution in [3.63, 3.8) is 0 Å². The van der Waals surface area contributed by atoms with Gasteiger partial charge in [0.05, 0.1) is 0 Å². The molecule has 19 heavy (non-hydrogen) atoms. The van der Waals surface area contributed by atoms with E-state index >= 15 is 0 Å². The standard InChI is InChI=1S/C14H18Cl2N2O/c1-9(7-17-2)14(19)18-4-3-10-5-11(15)6-13(16)12(10)8-18/h5-6,9,17H,3-4,7-8H2,1-2H3. The van der Waals surface area contributed by atoms with Crippen LogP contribution in [0.4, 0.5) is 0 Å². The number of hydrogen-bond donors (Lipinski definition) is 1. The fraction of sp³-hybridized carbons (Fsp3) is 0.500. The van der Waals surface area contributed by atoms with Gasteiger partial charge in [-0.2, -0.15) is 0 Å². The summed E-state index contributed by atoms with van der Waals surface area (Å²) in [5, 5.41) is 4.35. The van der Waals surface area contributed by atoms with Gasteiger partial charge in [0.25, 0.3) is 0 Å². The molecule has 104 valence electrons. The quantitative estimate of drug-likeness (QED) is 0.931. The molecular weight excluding hydrogens is 283 g/mol. The smallest absolute Gasteiger partial charge is 0.226 e. The number of nitrogens with one attached hydrogen (secondary N) is 1. The van der Waals surface area contributed by atoms with E-state index in [2.05, 4.69) is 5.32 Å². The van der Waals surface area contributed by atoms with Crippen molar-refractivity contribution in [3.05, 3.63) is 33.3 Å². The van der Waals surface area contributed by atoms with E-state index in [1.807, 2.05) is 24.9 Å². The Labute approximate surface area is 123 Å². The van der Waals surface area contributed by atoms with Gasteiger partial charge in [-0.25, -0.2) is 0 Å². The van der Waals surface area contributed by atoms with Gasteiger partial charge in [0.1, 0.15) is 0 Å². The predicted molar refractivity (Wildman–Crippen MR) is 78.7 cm³/mol. The van der Waals surface area contributed by atoms with E-state index < -0.39 is 0 Å². The van der Waals surface area contributed by atoms with Gasteiger partial charge in [0, 0.05) is 35.6 Å². The Hall–Kier alpha value is -0.770. The molecule has 0 saturated carbocycles. The summed E-state index contributed by atoms with van der Waals surface area (Å²) in [6.07, 6.45) is 0.813. The van der Waals surface area contributed by atoms with Crippen LogP contribution >= 0.6 is 23.2 Å². The molecule has 0 bridgehead atoms. The molecule has 1 aromatic carbocycles. The van der Waals surface area contributed by atoms with Crippen LogP contribution in [0.25, 0.3) is 0 Å². The number of rotatable bonds is 3. The first kappa shape index (κ1) is 14.6. The second-order valence-corrected chi connectivity index (χ2v) is 5.84. The van der Waals surface area contributed by atoms with Gasteiger partial charge in [-0.1, -0.05) is 30.1 Å². The van der Waals surface area contributed by atoms with E-state index in [4.69, 9.17) is 23.2 Å². The third-order valence-corrected chi connectivity index (χ3v) is 4.05. The highest BCUT2D eigenvalue weighted by Crippen LogP contribution is 2.30. The Bertz CT molecular complexity index is 491. The van der Waals surface area contributed by atoms with Gasteiger partial charge >= 0.3 is 0 Å². The van der Waals surface area contributed by atoms with E-state index in [0.717, 1.165) is 24.1 Å². The molecule has 1 heterocycles. The van der Waals surface area contributed by atoms with E-state index in [9.17, 15) is 4.79 Å². The predicted octanol–water partition coefficient (Wildman–Crippen LogP) is 2.73. The van der Waals surface area contributed by atoms with Gasteiger partial charge in [0.2, 0.25) is 5.91 Å². The van der Waals surface area contributed by atoms with Crippen LogP contribution < -0.4 is 5.32 Å². The summed E-state index contributed by atoms with van der Waals surface area (Å²) in [5.74, 6) is 0.156. The molecule has 1 unspecified atom stereocenters. The van der Waals surface area contributed by atoms with Crippen LogP contribution in [0.3, 0.4) is 0 Å². The molecule has 0 saturated heterocycles. The van der Waals surface area contributed by atoms with Crippen molar-refractivity contribution in [3.8, 4) is 0 Å². The lowest BCUT2D eigenvalue weighted by Crippen LogP contribution is -2.41. The Kier molecular flexibility index (Phi) is 4.71. The number of nitrogens with zero attached hydrogens (tertiary/aromatic N) is 1. The minimum Gasteiger partial charge on any atom is -0.338 e. The number of fused-ring (bicyclic) bond motifs is 1. The molecule has 1 amide bonds. The monoisotopic (exact) mass is 300 g/mol. The van der Waals surface area contributed by atoms with Crippen LogP contribution in [0.5, 0.6) is 0 Å². The van der Waals surface area contributed by atoms with Gasteiger partial charge < -0.3 is 10.2 Å². The first-order chi connectivity index (χ1) is 9.02. The average Bonchev–Trinajstić information content (AvgIpc) is 2.37. The molecule has 0 fully saturated rings. The average molecular weight is 301 g/mol. The van der Waals surface area contributed by atoms with Crippen molar-refractivity contribution < 1.29 is 4.79 Å². The Balaban J connectivity index is 2.16. The van der Waals surface area contributed by atoms with E-state index in [0.29, 0.717) is 23.1 Å². The Morgan fingerprint density at radius 1 is 1.47 bits per heavy atom. The van der Waals surface area contributed by atoms with Crippen molar-refractivity contribution in [2.45, 2.75) is 19.9 Å². The third-order valence-electron chi connectivity index (χ3n) is 3.50. The zero-order valence-corrected chi connectivity index (χ0v) is 12.7. The SMILES string of the molecule is CNCC(C)C(=O)N1CCc2cc(Cl)cc(Cl)c2C1. The van der Waals surface area contributed by atoms with Gasteiger partial charge in [-0.3, -0.25) is 4.79 Å². The molecule has 2 rings (SSSR count). The zero-order chi connectivity index (χ0) is 14.0. The third kappa shape index (κ3) is 3.22. The molecule has 1 aliphatic rings. The highest BCUT2D eigenvalue weighted by molar-refractivity contribution is 6.35. The highest BCUT2D eigenvalue weighted by atomic mass is 35.5. The second-order valence-electron chi connectivity index (χ2n) is 4.99.